The van der Waals surface area contributed by atoms with Gasteiger partial charge in [0, 0.05) is 5.56 Å². The van der Waals surface area contributed by atoms with Crippen LogP contribution in [0.15, 0.2) is 24.3 Å². The Morgan fingerprint density at radius 3 is 2.41 bits per heavy atom. The number of nitrogens with two attached hydrogens (primary N) is 1. The first-order valence-electron chi connectivity index (χ1n) is 4.78. The lowest BCUT2D eigenvalue weighted by molar-refractivity contribution is -0.149. The van der Waals surface area contributed by atoms with Gasteiger partial charge in [0.25, 0.3) is 0 Å². The van der Waals surface area contributed by atoms with E-state index in [0.29, 0.717) is 5.56 Å². The lowest BCUT2D eigenvalue weighted by Crippen LogP contribution is -2.19. The quantitative estimate of drug-likeness (QED) is 0.549. The number of hydrogen-bond acceptors (Lipinski definition) is 3. The first kappa shape index (κ1) is 15.4. The molecule has 0 aromatic heterocycles. The third kappa shape index (κ3) is 4.84. The zero-order chi connectivity index (χ0) is 12.1. The molecule has 1 aromatic carbocycles. The predicted molar refractivity (Wildman–Crippen MR) is 66.6 cm³/mol. The number of halogens is 1. The molecule has 0 heterocycles. The van der Waals surface area contributed by atoms with E-state index >= 15 is 0 Å². The Hall–Kier alpha value is -1.59. The second-order valence-electron chi connectivity index (χ2n) is 3.40. The molecule has 6 heteroatoms. The van der Waals surface area contributed by atoms with Crippen LogP contribution in [0.3, 0.4) is 0 Å². The van der Waals surface area contributed by atoms with Crippen molar-refractivity contribution in [1.29, 1.82) is 5.41 Å². The Labute approximate surface area is 106 Å². The third-order valence-electron chi connectivity index (χ3n) is 2.11. The maximum absolute atomic E-state index is 10.5. The van der Waals surface area contributed by atoms with E-state index in [2.05, 4.69) is 0 Å². The Kier molecular flexibility index (Phi) is 6.23. The highest BCUT2D eigenvalue weighted by molar-refractivity contribution is 5.94. The van der Waals surface area contributed by atoms with Crippen LogP contribution in [-0.2, 0) is 16.1 Å². The van der Waals surface area contributed by atoms with Gasteiger partial charge in [0.05, 0.1) is 6.61 Å². The van der Waals surface area contributed by atoms with Gasteiger partial charge in [-0.3, -0.25) is 5.41 Å². The van der Waals surface area contributed by atoms with Crippen LogP contribution in [0, 0.1) is 5.41 Å². The molecular formula is C11H15ClN2O3. The number of benzene rings is 1. The topological polar surface area (TPSA) is 96.4 Å². The molecule has 1 rings (SSSR count). The van der Waals surface area contributed by atoms with Gasteiger partial charge in [0.15, 0.2) is 6.10 Å². The van der Waals surface area contributed by atoms with Crippen molar-refractivity contribution in [2.45, 2.75) is 19.6 Å². The molecule has 0 saturated heterocycles. The molecular weight excluding hydrogens is 244 g/mol. The molecule has 0 amide bonds. The van der Waals surface area contributed by atoms with Gasteiger partial charge < -0.3 is 15.6 Å². The van der Waals surface area contributed by atoms with Gasteiger partial charge in [-0.2, -0.15) is 0 Å². The number of aliphatic carboxylic acids is 1. The van der Waals surface area contributed by atoms with Gasteiger partial charge in [-0.1, -0.05) is 24.3 Å². The average Bonchev–Trinajstić information content (AvgIpc) is 2.26. The standard InChI is InChI=1S/C11H14N2O3.ClH/c1-7(11(14)15)16-6-8-2-4-9(5-3-8)10(12)13;/h2-5,7H,6H2,1H3,(H3,12,13)(H,14,15);1H. The summed E-state index contributed by atoms with van der Waals surface area (Å²) in [4.78, 5) is 10.5. The molecule has 0 fully saturated rings. The Bertz CT molecular complexity index is 392. The van der Waals surface area contributed by atoms with Crippen molar-refractivity contribution in [2.75, 3.05) is 0 Å². The maximum Gasteiger partial charge on any atom is 0.332 e. The molecule has 94 valence electrons. The van der Waals surface area contributed by atoms with Gasteiger partial charge in [-0.15, -0.1) is 12.4 Å². The molecule has 5 nitrogen and oxygen atoms in total. The Morgan fingerprint density at radius 2 is 2.00 bits per heavy atom. The van der Waals surface area contributed by atoms with Crippen LogP contribution in [0.4, 0.5) is 0 Å². The second kappa shape index (κ2) is 6.88. The van der Waals surface area contributed by atoms with Gasteiger partial charge in [-0.05, 0) is 12.5 Å². The predicted octanol–water partition coefficient (Wildman–Crippen LogP) is 1.38. The number of carbonyl (C=O) groups is 1. The lowest BCUT2D eigenvalue weighted by atomic mass is 10.1. The summed E-state index contributed by atoms with van der Waals surface area (Å²) in [6.45, 7) is 1.71. The average molecular weight is 259 g/mol. The van der Waals surface area contributed by atoms with E-state index in [0.717, 1.165) is 5.56 Å². The summed E-state index contributed by atoms with van der Waals surface area (Å²) < 4.78 is 5.11. The van der Waals surface area contributed by atoms with E-state index in [1.54, 1.807) is 24.3 Å². The van der Waals surface area contributed by atoms with E-state index in [1.807, 2.05) is 0 Å². The minimum atomic E-state index is -0.986. The number of hydrogen-bond donors (Lipinski definition) is 3. The fourth-order valence-corrected chi connectivity index (χ4v) is 1.07. The van der Waals surface area contributed by atoms with E-state index in [1.165, 1.54) is 6.92 Å². The molecule has 1 unspecified atom stereocenters. The number of carboxylic acid groups (broad SMARTS) is 1. The molecule has 1 aromatic rings. The first-order valence-corrected chi connectivity index (χ1v) is 4.78. The smallest absolute Gasteiger partial charge is 0.332 e. The molecule has 0 saturated carbocycles. The maximum atomic E-state index is 10.5. The highest BCUT2D eigenvalue weighted by Gasteiger charge is 2.10. The van der Waals surface area contributed by atoms with Crippen LogP contribution in [0.2, 0.25) is 0 Å². The summed E-state index contributed by atoms with van der Waals surface area (Å²) in [5.41, 5.74) is 6.78. The van der Waals surface area contributed by atoms with E-state index in [-0.39, 0.29) is 24.8 Å². The number of carboxylic acids is 1. The summed E-state index contributed by atoms with van der Waals surface area (Å²) in [7, 11) is 0. The van der Waals surface area contributed by atoms with Crippen molar-refractivity contribution < 1.29 is 14.6 Å². The summed E-state index contributed by atoms with van der Waals surface area (Å²) in [6.07, 6.45) is -0.826. The van der Waals surface area contributed by atoms with Gasteiger partial charge in [0.2, 0.25) is 0 Å². The highest BCUT2D eigenvalue weighted by Crippen LogP contribution is 2.06. The summed E-state index contributed by atoms with van der Waals surface area (Å²) in [5.74, 6) is -0.980. The van der Waals surface area contributed by atoms with E-state index in [4.69, 9.17) is 21.0 Å². The summed E-state index contributed by atoms with van der Waals surface area (Å²) in [6, 6.07) is 6.91. The summed E-state index contributed by atoms with van der Waals surface area (Å²) >= 11 is 0. The molecule has 0 bridgehead atoms. The number of nitrogens with one attached hydrogen (secondary N) is 1. The molecule has 17 heavy (non-hydrogen) atoms. The highest BCUT2D eigenvalue weighted by atomic mass is 35.5. The number of rotatable bonds is 5. The first-order chi connectivity index (χ1) is 7.50. The van der Waals surface area contributed by atoms with Crippen LogP contribution in [0.1, 0.15) is 18.1 Å². The molecule has 0 aliphatic heterocycles. The normalized spacial score (nSPS) is 11.4. The monoisotopic (exact) mass is 258 g/mol. The molecule has 0 aliphatic carbocycles. The Balaban J connectivity index is 0.00000256. The molecule has 0 radical (unpaired) electrons. The van der Waals surface area contributed by atoms with Gasteiger partial charge in [0.1, 0.15) is 5.84 Å². The fourth-order valence-electron chi connectivity index (χ4n) is 1.07. The molecule has 4 N–H and O–H groups in total. The van der Waals surface area contributed by atoms with Gasteiger partial charge >= 0.3 is 5.97 Å². The number of amidine groups is 1. The van der Waals surface area contributed by atoms with E-state index < -0.39 is 12.1 Å². The SMILES string of the molecule is CC(OCc1ccc(C(=N)N)cc1)C(=O)O.Cl. The zero-order valence-corrected chi connectivity index (χ0v) is 10.2. The fraction of sp³-hybridized carbons (Fsp3) is 0.273. The van der Waals surface area contributed by atoms with Crippen LogP contribution < -0.4 is 5.73 Å². The van der Waals surface area contributed by atoms with Crippen molar-refractivity contribution in [1.82, 2.24) is 0 Å². The van der Waals surface area contributed by atoms with Crippen molar-refractivity contribution in [3.05, 3.63) is 35.4 Å². The minimum Gasteiger partial charge on any atom is -0.479 e. The zero-order valence-electron chi connectivity index (χ0n) is 9.34. The van der Waals surface area contributed by atoms with Crippen LogP contribution in [0.5, 0.6) is 0 Å². The third-order valence-corrected chi connectivity index (χ3v) is 2.11. The van der Waals surface area contributed by atoms with Crippen molar-refractivity contribution in [3.63, 3.8) is 0 Å². The second-order valence-corrected chi connectivity index (χ2v) is 3.40. The largest absolute Gasteiger partial charge is 0.479 e. The lowest BCUT2D eigenvalue weighted by Gasteiger charge is -2.08. The van der Waals surface area contributed by atoms with Crippen molar-refractivity contribution in [2.24, 2.45) is 5.73 Å². The van der Waals surface area contributed by atoms with Crippen LogP contribution in [-0.4, -0.2) is 23.0 Å². The van der Waals surface area contributed by atoms with E-state index in [9.17, 15) is 4.79 Å². The number of nitrogen functional groups attached to an aromatic ring is 1. The molecule has 1 atom stereocenters. The van der Waals surface area contributed by atoms with Crippen molar-refractivity contribution in [3.8, 4) is 0 Å². The van der Waals surface area contributed by atoms with Crippen molar-refractivity contribution >= 4 is 24.2 Å². The Morgan fingerprint density at radius 1 is 1.47 bits per heavy atom. The number of ether oxygens (including phenoxy) is 1. The van der Waals surface area contributed by atoms with Gasteiger partial charge in [-0.25, -0.2) is 4.79 Å². The minimum absolute atomic E-state index is 0. The summed E-state index contributed by atoms with van der Waals surface area (Å²) in [5, 5.41) is 15.8. The van der Waals surface area contributed by atoms with Crippen LogP contribution >= 0.6 is 12.4 Å². The molecule has 0 spiro atoms. The van der Waals surface area contributed by atoms with Crippen LogP contribution in [0.25, 0.3) is 0 Å². The molecule has 0 aliphatic rings.